The summed E-state index contributed by atoms with van der Waals surface area (Å²) in [7, 11) is -6.89. The number of aryl methyl sites for hydroxylation is 2. The van der Waals surface area contributed by atoms with Gasteiger partial charge in [0.2, 0.25) is 5.91 Å². The lowest BCUT2D eigenvalue weighted by Crippen LogP contribution is -2.42. The van der Waals surface area contributed by atoms with E-state index in [-0.39, 0.29) is 28.7 Å². The summed E-state index contributed by atoms with van der Waals surface area (Å²) in [6.07, 6.45) is 3.28. The molecule has 1 aromatic rings. The molecule has 1 aliphatic heterocycles. The molecule has 1 aromatic carbocycles. The number of hydrazine groups is 1. The van der Waals surface area contributed by atoms with Gasteiger partial charge in [-0.05, 0) is 54.9 Å². The van der Waals surface area contributed by atoms with Gasteiger partial charge in [-0.15, -0.1) is 4.83 Å². The zero-order valence-corrected chi connectivity index (χ0v) is 14.7. The lowest BCUT2D eigenvalue weighted by molar-refractivity contribution is -0.122. The first kappa shape index (κ1) is 17.4. The second kappa shape index (κ2) is 6.45. The number of sulfone groups is 1. The third kappa shape index (κ3) is 3.96. The Balaban J connectivity index is 1.58. The molecule has 7 nitrogen and oxygen atoms in total. The van der Waals surface area contributed by atoms with Crippen molar-refractivity contribution in [3.8, 4) is 0 Å². The smallest absolute Gasteiger partial charge is 0.257 e. The Hall–Kier alpha value is -1.45. The number of fused-ring (bicyclic) bond motifs is 1. The van der Waals surface area contributed by atoms with Crippen molar-refractivity contribution in [2.75, 3.05) is 11.5 Å². The van der Waals surface area contributed by atoms with Gasteiger partial charge >= 0.3 is 0 Å². The maximum absolute atomic E-state index is 12.3. The second-order valence-corrected chi connectivity index (χ2v) is 10.3. The minimum absolute atomic E-state index is 0.00800. The Morgan fingerprint density at radius 2 is 1.96 bits per heavy atom. The van der Waals surface area contributed by atoms with Crippen molar-refractivity contribution in [3.05, 3.63) is 29.3 Å². The van der Waals surface area contributed by atoms with E-state index >= 15 is 0 Å². The molecule has 9 heteroatoms. The molecule has 0 aromatic heterocycles. The van der Waals surface area contributed by atoms with Crippen LogP contribution in [0.1, 0.15) is 30.4 Å². The number of amides is 1. The van der Waals surface area contributed by atoms with Crippen LogP contribution in [0, 0.1) is 5.92 Å². The molecule has 0 saturated carbocycles. The van der Waals surface area contributed by atoms with Gasteiger partial charge in [0.1, 0.15) is 0 Å². The molecule has 1 saturated heterocycles. The molecule has 0 spiro atoms. The summed E-state index contributed by atoms with van der Waals surface area (Å²) in [5, 5.41) is 0. The van der Waals surface area contributed by atoms with Crippen LogP contribution in [-0.4, -0.2) is 34.2 Å². The molecule has 1 heterocycles. The Morgan fingerprint density at radius 1 is 1.21 bits per heavy atom. The number of rotatable bonds is 5. The molecule has 24 heavy (non-hydrogen) atoms. The van der Waals surface area contributed by atoms with Crippen molar-refractivity contribution in [1.29, 1.82) is 0 Å². The number of hydrogen-bond acceptors (Lipinski definition) is 5. The van der Waals surface area contributed by atoms with Gasteiger partial charge in [0.25, 0.3) is 10.0 Å². The van der Waals surface area contributed by atoms with Crippen LogP contribution in [0.25, 0.3) is 0 Å². The highest BCUT2D eigenvalue weighted by Gasteiger charge is 2.29. The van der Waals surface area contributed by atoms with Crippen molar-refractivity contribution < 1.29 is 21.6 Å². The number of sulfonamides is 1. The van der Waals surface area contributed by atoms with E-state index in [1.165, 1.54) is 11.6 Å². The minimum Gasteiger partial charge on any atom is -0.278 e. The fraction of sp³-hybridized carbons (Fsp3) is 0.533. The van der Waals surface area contributed by atoms with Crippen molar-refractivity contribution in [2.45, 2.75) is 37.0 Å². The van der Waals surface area contributed by atoms with Crippen LogP contribution in [-0.2, 0) is 37.5 Å². The van der Waals surface area contributed by atoms with E-state index in [9.17, 15) is 21.6 Å². The Bertz CT molecular complexity index is 862. The van der Waals surface area contributed by atoms with Gasteiger partial charge < -0.3 is 0 Å². The van der Waals surface area contributed by atoms with E-state index in [1.54, 1.807) is 6.07 Å². The van der Waals surface area contributed by atoms with Gasteiger partial charge in [-0.25, -0.2) is 16.8 Å². The third-order valence-corrected chi connectivity index (χ3v) is 7.59. The highest BCUT2D eigenvalue weighted by molar-refractivity contribution is 7.91. The SMILES string of the molecule is O=C(C[C@H]1CCS(=O)(=O)C1)NNS(=O)(=O)c1ccc2c(c1)CCC2. The van der Waals surface area contributed by atoms with E-state index in [4.69, 9.17) is 0 Å². The van der Waals surface area contributed by atoms with E-state index in [0.717, 1.165) is 24.8 Å². The predicted octanol–water partition coefficient (Wildman–Crippen LogP) is 0.310. The number of carbonyl (C=O) groups excluding carboxylic acids is 1. The van der Waals surface area contributed by atoms with Crippen LogP contribution >= 0.6 is 0 Å². The Kier molecular flexibility index (Phi) is 4.67. The molecule has 2 aliphatic rings. The van der Waals surface area contributed by atoms with Gasteiger partial charge in [-0.3, -0.25) is 10.2 Å². The lowest BCUT2D eigenvalue weighted by Gasteiger charge is -2.11. The van der Waals surface area contributed by atoms with Crippen LogP contribution in [0.2, 0.25) is 0 Å². The molecule has 1 aliphatic carbocycles. The molecular formula is C15H20N2O5S2. The molecule has 0 bridgehead atoms. The van der Waals surface area contributed by atoms with E-state index in [2.05, 4.69) is 10.3 Å². The average molecular weight is 372 g/mol. The Labute approximate surface area is 141 Å². The molecular weight excluding hydrogens is 352 g/mol. The number of carbonyl (C=O) groups is 1. The zero-order valence-electron chi connectivity index (χ0n) is 13.1. The summed E-state index contributed by atoms with van der Waals surface area (Å²) >= 11 is 0. The number of benzene rings is 1. The fourth-order valence-corrected chi connectivity index (χ4v) is 6.02. The molecule has 1 atom stereocenters. The van der Waals surface area contributed by atoms with Gasteiger partial charge in [-0.1, -0.05) is 6.07 Å². The third-order valence-electron chi connectivity index (χ3n) is 4.51. The lowest BCUT2D eigenvalue weighted by atomic mass is 10.1. The van der Waals surface area contributed by atoms with Gasteiger partial charge in [0.15, 0.2) is 9.84 Å². The van der Waals surface area contributed by atoms with Crippen molar-refractivity contribution in [1.82, 2.24) is 10.3 Å². The topological polar surface area (TPSA) is 109 Å². The van der Waals surface area contributed by atoms with Crippen LogP contribution < -0.4 is 10.3 Å². The minimum atomic E-state index is -3.83. The van der Waals surface area contributed by atoms with E-state index < -0.39 is 25.8 Å². The molecule has 2 N–H and O–H groups in total. The van der Waals surface area contributed by atoms with Crippen molar-refractivity contribution >= 4 is 25.8 Å². The van der Waals surface area contributed by atoms with E-state index in [1.807, 2.05) is 6.07 Å². The Morgan fingerprint density at radius 3 is 2.67 bits per heavy atom. The number of nitrogens with one attached hydrogen (secondary N) is 2. The highest BCUT2D eigenvalue weighted by Crippen LogP contribution is 2.24. The first-order chi connectivity index (χ1) is 11.3. The monoisotopic (exact) mass is 372 g/mol. The fourth-order valence-electron chi connectivity index (χ4n) is 3.24. The second-order valence-electron chi connectivity index (χ2n) is 6.41. The number of hydrogen-bond donors (Lipinski definition) is 2. The van der Waals surface area contributed by atoms with Crippen LogP contribution in [0.15, 0.2) is 23.1 Å². The van der Waals surface area contributed by atoms with Crippen LogP contribution in [0.5, 0.6) is 0 Å². The predicted molar refractivity (Wildman–Crippen MR) is 88.3 cm³/mol. The summed E-state index contributed by atoms with van der Waals surface area (Å²) < 4.78 is 47.3. The van der Waals surface area contributed by atoms with Crippen LogP contribution in [0.3, 0.4) is 0 Å². The normalized spacial score (nSPS) is 22.2. The first-order valence-corrected chi connectivity index (χ1v) is 11.2. The highest BCUT2D eigenvalue weighted by atomic mass is 32.2. The summed E-state index contributed by atoms with van der Waals surface area (Å²) in [5.74, 6) is -0.703. The van der Waals surface area contributed by atoms with Crippen LogP contribution in [0.4, 0.5) is 0 Å². The standard InChI is InChI=1S/C15H20N2O5S2/c18-15(8-11-6-7-23(19,20)10-11)16-17-24(21,22)14-5-4-12-2-1-3-13(12)9-14/h4-5,9,11,17H,1-3,6-8,10H2,(H,16,18)/t11-/m1/s1. The molecule has 1 fully saturated rings. The summed E-state index contributed by atoms with van der Waals surface area (Å²) in [6.45, 7) is 0. The van der Waals surface area contributed by atoms with Crippen molar-refractivity contribution in [3.63, 3.8) is 0 Å². The zero-order chi connectivity index (χ0) is 17.4. The van der Waals surface area contributed by atoms with Gasteiger partial charge in [0.05, 0.1) is 16.4 Å². The summed E-state index contributed by atoms with van der Waals surface area (Å²) in [6, 6.07) is 4.98. The molecule has 0 radical (unpaired) electrons. The molecule has 132 valence electrons. The average Bonchev–Trinajstić information content (AvgIpc) is 3.10. The molecule has 1 amide bonds. The summed E-state index contributed by atoms with van der Waals surface area (Å²) in [5.41, 5.74) is 4.37. The quantitative estimate of drug-likeness (QED) is 0.723. The molecule has 0 unspecified atom stereocenters. The van der Waals surface area contributed by atoms with Crippen molar-refractivity contribution in [2.24, 2.45) is 5.92 Å². The largest absolute Gasteiger partial charge is 0.278 e. The maximum atomic E-state index is 12.3. The summed E-state index contributed by atoms with van der Waals surface area (Å²) in [4.78, 5) is 14.0. The van der Waals surface area contributed by atoms with E-state index in [0.29, 0.717) is 6.42 Å². The van der Waals surface area contributed by atoms with Gasteiger partial charge in [0, 0.05) is 6.42 Å². The van der Waals surface area contributed by atoms with Gasteiger partial charge in [-0.2, -0.15) is 0 Å². The maximum Gasteiger partial charge on any atom is 0.257 e. The molecule has 3 rings (SSSR count). The first-order valence-electron chi connectivity index (χ1n) is 7.88.